The zero-order chi connectivity index (χ0) is 13.1. The topological polar surface area (TPSA) is 43.8 Å². The first-order valence-corrected chi connectivity index (χ1v) is 7.34. The third-order valence-corrected chi connectivity index (χ3v) is 4.46. The lowest BCUT2D eigenvalue weighted by Crippen LogP contribution is -2.13. The van der Waals surface area contributed by atoms with Gasteiger partial charge in [0.15, 0.2) is 0 Å². The first-order chi connectivity index (χ1) is 8.60. The van der Waals surface area contributed by atoms with Crippen LogP contribution in [0.1, 0.15) is 42.9 Å². The third-order valence-electron chi connectivity index (χ3n) is 3.09. The minimum atomic E-state index is -0.0252. The smallest absolute Gasteiger partial charge is 0.0931 e. The number of rotatable bonds is 5. The van der Waals surface area contributed by atoms with E-state index in [9.17, 15) is 0 Å². The summed E-state index contributed by atoms with van der Waals surface area (Å²) in [6.07, 6.45) is 3.85. The number of nitrogens with zero attached hydrogens (tertiary/aromatic N) is 2. The first-order valence-electron chi connectivity index (χ1n) is 6.15. The zero-order valence-corrected chi connectivity index (χ0v) is 12.2. The maximum atomic E-state index is 6.16. The molecule has 2 rings (SSSR count). The molecule has 0 saturated carbocycles. The van der Waals surface area contributed by atoms with Gasteiger partial charge >= 0.3 is 0 Å². The van der Waals surface area contributed by atoms with Crippen LogP contribution < -0.4 is 5.73 Å². The molecule has 5 heteroatoms. The Balaban J connectivity index is 2.03. The number of thiophene rings is 1. The summed E-state index contributed by atoms with van der Waals surface area (Å²) in [5.74, 6) is 0. The number of aromatic nitrogens is 2. The van der Waals surface area contributed by atoms with Gasteiger partial charge in [0.25, 0.3) is 0 Å². The van der Waals surface area contributed by atoms with E-state index < -0.39 is 0 Å². The molecule has 0 aliphatic rings. The summed E-state index contributed by atoms with van der Waals surface area (Å²) in [6, 6.07) is 6.33. The van der Waals surface area contributed by atoms with Crippen LogP contribution in [0.15, 0.2) is 24.4 Å². The van der Waals surface area contributed by atoms with Crippen LogP contribution in [0, 0.1) is 0 Å². The van der Waals surface area contributed by atoms with Crippen LogP contribution >= 0.6 is 22.9 Å². The number of hydrogen-bond donors (Lipinski definition) is 1. The fraction of sp³-hybridized carbons (Fsp3) is 0.462. The highest BCUT2D eigenvalue weighted by Crippen LogP contribution is 2.27. The predicted molar refractivity (Wildman–Crippen MR) is 77.2 cm³/mol. The normalized spacial score (nSPS) is 14.7. The second-order valence-electron chi connectivity index (χ2n) is 4.50. The molecule has 0 aliphatic carbocycles. The standard InChI is InChI=1S/C13H18ClN3S/c1-3-9(2)17-7-6-10(16-17)8-11(15)12-4-5-13(14)18-12/h4-7,9,11H,3,8,15H2,1-2H3. The molecule has 2 aromatic rings. The van der Waals surface area contributed by atoms with E-state index in [-0.39, 0.29) is 6.04 Å². The van der Waals surface area contributed by atoms with E-state index in [0.717, 1.165) is 27.7 Å². The Morgan fingerprint density at radius 1 is 1.44 bits per heavy atom. The average Bonchev–Trinajstić information content (AvgIpc) is 2.97. The van der Waals surface area contributed by atoms with Crippen LogP contribution in [0.2, 0.25) is 4.34 Å². The summed E-state index contributed by atoms with van der Waals surface area (Å²) in [6.45, 7) is 4.32. The van der Waals surface area contributed by atoms with Crippen LogP contribution in [-0.2, 0) is 6.42 Å². The molecule has 2 N–H and O–H groups in total. The summed E-state index contributed by atoms with van der Waals surface area (Å²) in [5, 5.41) is 4.56. The van der Waals surface area contributed by atoms with Crippen molar-refractivity contribution < 1.29 is 0 Å². The van der Waals surface area contributed by atoms with Gasteiger partial charge in [-0.15, -0.1) is 11.3 Å². The Hall–Kier alpha value is -0.840. The van der Waals surface area contributed by atoms with Crippen molar-refractivity contribution in [2.75, 3.05) is 0 Å². The Morgan fingerprint density at radius 3 is 2.83 bits per heavy atom. The predicted octanol–water partition coefficient (Wildman–Crippen LogP) is 3.81. The number of hydrogen-bond acceptors (Lipinski definition) is 3. The molecule has 0 bridgehead atoms. The van der Waals surface area contributed by atoms with Gasteiger partial charge in [-0.3, -0.25) is 4.68 Å². The van der Waals surface area contributed by atoms with Crippen molar-refractivity contribution in [3.05, 3.63) is 39.3 Å². The SMILES string of the molecule is CCC(C)n1ccc(CC(N)c2ccc(Cl)s2)n1. The van der Waals surface area contributed by atoms with E-state index in [1.165, 1.54) is 11.3 Å². The molecule has 0 radical (unpaired) electrons. The van der Waals surface area contributed by atoms with Crippen LogP contribution in [0.5, 0.6) is 0 Å². The highest BCUT2D eigenvalue weighted by Gasteiger charge is 2.12. The van der Waals surface area contributed by atoms with Crippen LogP contribution in [0.25, 0.3) is 0 Å². The number of halogens is 1. The zero-order valence-electron chi connectivity index (χ0n) is 10.6. The Kier molecular flexibility index (Phi) is 4.43. The van der Waals surface area contributed by atoms with Gasteiger partial charge in [0.1, 0.15) is 0 Å². The molecular formula is C13H18ClN3S. The van der Waals surface area contributed by atoms with Gasteiger partial charge in [-0.1, -0.05) is 18.5 Å². The molecule has 0 spiro atoms. The molecule has 0 saturated heterocycles. The highest BCUT2D eigenvalue weighted by molar-refractivity contribution is 7.16. The van der Waals surface area contributed by atoms with Crippen molar-refractivity contribution in [3.63, 3.8) is 0 Å². The van der Waals surface area contributed by atoms with Crippen LogP contribution in [0.4, 0.5) is 0 Å². The molecular weight excluding hydrogens is 266 g/mol. The summed E-state index contributed by atoms with van der Waals surface area (Å²) < 4.78 is 2.79. The summed E-state index contributed by atoms with van der Waals surface area (Å²) >= 11 is 7.45. The summed E-state index contributed by atoms with van der Waals surface area (Å²) in [5.41, 5.74) is 7.20. The molecule has 2 aromatic heterocycles. The number of nitrogens with two attached hydrogens (primary N) is 1. The second-order valence-corrected chi connectivity index (χ2v) is 6.24. The third kappa shape index (κ3) is 3.13. The second kappa shape index (κ2) is 5.87. The van der Waals surface area contributed by atoms with Crippen LogP contribution in [0.3, 0.4) is 0 Å². The molecule has 3 nitrogen and oxygen atoms in total. The molecule has 18 heavy (non-hydrogen) atoms. The van der Waals surface area contributed by atoms with E-state index in [0.29, 0.717) is 6.04 Å². The quantitative estimate of drug-likeness (QED) is 0.907. The highest BCUT2D eigenvalue weighted by atomic mass is 35.5. The van der Waals surface area contributed by atoms with Gasteiger partial charge in [-0.2, -0.15) is 5.10 Å². The molecule has 2 atom stereocenters. The van der Waals surface area contributed by atoms with Crippen molar-refractivity contribution in [2.24, 2.45) is 5.73 Å². The molecule has 98 valence electrons. The van der Waals surface area contributed by atoms with Crippen molar-refractivity contribution in [1.29, 1.82) is 0 Å². The van der Waals surface area contributed by atoms with E-state index in [1.807, 2.05) is 29.1 Å². The van der Waals surface area contributed by atoms with Crippen molar-refractivity contribution in [1.82, 2.24) is 9.78 Å². The minimum absolute atomic E-state index is 0.0252. The van der Waals surface area contributed by atoms with Crippen molar-refractivity contribution >= 4 is 22.9 Å². The lowest BCUT2D eigenvalue weighted by Gasteiger charge is -2.09. The average molecular weight is 284 g/mol. The lowest BCUT2D eigenvalue weighted by atomic mass is 10.1. The van der Waals surface area contributed by atoms with E-state index in [2.05, 4.69) is 18.9 Å². The van der Waals surface area contributed by atoms with Gasteiger partial charge in [0.2, 0.25) is 0 Å². The minimum Gasteiger partial charge on any atom is -0.323 e. The van der Waals surface area contributed by atoms with E-state index in [1.54, 1.807) is 0 Å². The van der Waals surface area contributed by atoms with Crippen molar-refractivity contribution in [2.45, 2.75) is 38.8 Å². The maximum Gasteiger partial charge on any atom is 0.0931 e. The largest absolute Gasteiger partial charge is 0.323 e. The van der Waals surface area contributed by atoms with Gasteiger partial charge in [-0.05, 0) is 31.5 Å². The maximum absolute atomic E-state index is 6.16. The fourth-order valence-electron chi connectivity index (χ4n) is 1.77. The van der Waals surface area contributed by atoms with Crippen LogP contribution in [-0.4, -0.2) is 9.78 Å². The molecule has 0 aromatic carbocycles. The molecule has 2 heterocycles. The first kappa shape index (κ1) is 13.6. The Bertz CT molecular complexity index is 506. The Labute approximate surface area is 117 Å². The van der Waals surface area contributed by atoms with Gasteiger partial charge in [0, 0.05) is 29.6 Å². The van der Waals surface area contributed by atoms with Crippen molar-refractivity contribution in [3.8, 4) is 0 Å². The monoisotopic (exact) mass is 283 g/mol. The molecule has 0 aliphatic heterocycles. The molecule has 0 amide bonds. The lowest BCUT2D eigenvalue weighted by molar-refractivity contribution is 0.472. The Morgan fingerprint density at radius 2 is 2.22 bits per heavy atom. The van der Waals surface area contributed by atoms with E-state index >= 15 is 0 Å². The molecule has 0 fully saturated rings. The summed E-state index contributed by atoms with van der Waals surface area (Å²) in [4.78, 5) is 1.11. The van der Waals surface area contributed by atoms with E-state index in [4.69, 9.17) is 17.3 Å². The fourth-order valence-corrected chi connectivity index (χ4v) is 2.83. The van der Waals surface area contributed by atoms with Gasteiger partial charge in [0.05, 0.1) is 10.0 Å². The summed E-state index contributed by atoms with van der Waals surface area (Å²) in [7, 11) is 0. The van der Waals surface area contributed by atoms with Gasteiger partial charge in [-0.25, -0.2) is 0 Å². The van der Waals surface area contributed by atoms with Gasteiger partial charge < -0.3 is 5.73 Å². The molecule has 2 unspecified atom stereocenters.